The summed E-state index contributed by atoms with van der Waals surface area (Å²) >= 11 is 0. The summed E-state index contributed by atoms with van der Waals surface area (Å²) in [5, 5.41) is 10.8. The second-order valence-electron chi connectivity index (χ2n) is 7.62. The lowest BCUT2D eigenvalue weighted by atomic mass is 10.0. The van der Waals surface area contributed by atoms with E-state index in [9.17, 15) is 5.11 Å². The highest BCUT2D eigenvalue weighted by Crippen LogP contribution is 2.38. The molecule has 22 heavy (non-hydrogen) atoms. The lowest BCUT2D eigenvalue weighted by Gasteiger charge is -2.34. The molecule has 1 aromatic carbocycles. The molecule has 2 fully saturated rings. The van der Waals surface area contributed by atoms with Crippen molar-refractivity contribution in [3.8, 4) is 0 Å². The quantitative estimate of drug-likeness (QED) is 0.909. The standard InChI is InChI=1S/C19H28N2O/c1-13(2)21-15-7-8-16(21)12-20(10-9-15)18-11-14-5-3-4-6-17(14)19(18)22/h3-6,13,15-16,18-19,22H,7-12H2,1-2H3. The van der Waals surface area contributed by atoms with Crippen LogP contribution >= 0.6 is 0 Å². The zero-order valence-corrected chi connectivity index (χ0v) is 13.8. The summed E-state index contributed by atoms with van der Waals surface area (Å²) in [5.74, 6) is 0. The van der Waals surface area contributed by atoms with Gasteiger partial charge >= 0.3 is 0 Å². The van der Waals surface area contributed by atoms with Crippen LogP contribution in [0.15, 0.2) is 24.3 Å². The first kappa shape index (κ1) is 14.7. The maximum atomic E-state index is 10.8. The van der Waals surface area contributed by atoms with E-state index in [4.69, 9.17) is 0 Å². The fraction of sp³-hybridized carbons (Fsp3) is 0.684. The Hall–Kier alpha value is -0.900. The van der Waals surface area contributed by atoms with Crippen LogP contribution in [0.25, 0.3) is 0 Å². The molecule has 0 radical (unpaired) electrons. The summed E-state index contributed by atoms with van der Waals surface area (Å²) in [4.78, 5) is 5.33. The molecule has 0 saturated carbocycles. The van der Waals surface area contributed by atoms with Crippen LogP contribution < -0.4 is 0 Å². The van der Waals surface area contributed by atoms with Gasteiger partial charge in [0.05, 0.1) is 6.10 Å². The van der Waals surface area contributed by atoms with E-state index in [0.29, 0.717) is 12.1 Å². The van der Waals surface area contributed by atoms with E-state index in [0.717, 1.165) is 31.1 Å². The molecule has 4 rings (SSSR count). The fourth-order valence-electron chi connectivity index (χ4n) is 5.16. The van der Waals surface area contributed by atoms with Crippen LogP contribution in [0.2, 0.25) is 0 Å². The third-order valence-corrected chi connectivity index (χ3v) is 6.10. The highest BCUT2D eigenvalue weighted by molar-refractivity contribution is 5.36. The smallest absolute Gasteiger partial charge is 0.0951 e. The Morgan fingerprint density at radius 3 is 2.64 bits per heavy atom. The summed E-state index contributed by atoms with van der Waals surface area (Å²) in [5.41, 5.74) is 2.50. The van der Waals surface area contributed by atoms with Crippen LogP contribution in [0.5, 0.6) is 0 Å². The summed E-state index contributed by atoms with van der Waals surface area (Å²) in [6.45, 7) is 6.94. The van der Waals surface area contributed by atoms with Crippen molar-refractivity contribution in [2.45, 2.75) is 69.8 Å². The second kappa shape index (κ2) is 5.63. The monoisotopic (exact) mass is 300 g/mol. The molecule has 0 spiro atoms. The topological polar surface area (TPSA) is 26.7 Å². The van der Waals surface area contributed by atoms with Crippen LogP contribution in [-0.4, -0.2) is 52.2 Å². The number of hydrogen-bond acceptors (Lipinski definition) is 3. The first-order chi connectivity index (χ1) is 10.6. The lowest BCUT2D eigenvalue weighted by Crippen LogP contribution is -2.46. The number of fused-ring (bicyclic) bond motifs is 3. The van der Waals surface area contributed by atoms with Gasteiger partial charge in [0.1, 0.15) is 0 Å². The zero-order valence-electron chi connectivity index (χ0n) is 13.8. The summed E-state index contributed by atoms with van der Waals surface area (Å²) in [6.07, 6.45) is 4.66. The Labute approximate surface area is 133 Å². The Bertz CT molecular complexity index is 544. The van der Waals surface area contributed by atoms with Crippen LogP contribution in [0, 0.1) is 0 Å². The SMILES string of the molecule is CC(C)N1C2CCC1CN(C1Cc3ccccc3C1O)CC2. The number of aliphatic hydroxyl groups is 1. The van der Waals surface area contributed by atoms with Gasteiger partial charge in [0, 0.05) is 37.3 Å². The van der Waals surface area contributed by atoms with Gasteiger partial charge in [0.25, 0.3) is 0 Å². The lowest BCUT2D eigenvalue weighted by molar-refractivity contribution is 0.0524. The number of aliphatic hydroxyl groups excluding tert-OH is 1. The first-order valence-electron chi connectivity index (χ1n) is 8.92. The highest BCUT2D eigenvalue weighted by Gasteiger charge is 2.42. The maximum absolute atomic E-state index is 10.8. The van der Waals surface area contributed by atoms with E-state index >= 15 is 0 Å². The maximum Gasteiger partial charge on any atom is 0.0951 e. The normalized spacial score (nSPS) is 35.8. The van der Waals surface area contributed by atoms with Crippen molar-refractivity contribution in [2.24, 2.45) is 0 Å². The molecule has 120 valence electrons. The molecule has 4 atom stereocenters. The first-order valence-corrected chi connectivity index (χ1v) is 8.92. The summed E-state index contributed by atoms with van der Waals surface area (Å²) in [7, 11) is 0. The van der Waals surface area contributed by atoms with Gasteiger partial charge in [0.2, 0.25) is 0 Å². The van der Waals surface area contributed by atoms with Crippen molar-refractivity contribution in [1.82, 2.24) is 9.80 Å². The Kier molecular flexibility index (Phi) is 3.75. The average molecular weight is 300 g/mol. The van der Waals surface area contributed by atoms with Gasteiger partial charge < -0.3 is 5.11 Å². The highest BCUT2D eigenvalue weighted by atomic mass is 16.3. The Morgan fingerprint density at radius 2 is 1.86 bits per heavy atom. The molecule has 1 aliphatic carbocycles. The molecule has 4 unspecified atom stereocenters. The van der Waals surface area contributed by atoms with Crippen LogP contribution in [0.1, 0.15) is 50.3 Å². The van der Waals surface area contributed by atoms with Crippen LogP contribution in [0.4, 0.5) is 0 Å². The zero-order chi connectivity index (χ0) is 15.3. The third kappa shape index (κ3) is 2.31. The van der Waals surface area contributed by atoms with Gasteiger partial charge in [-0.1, -0.05) is 24.3 Å². The molecule has 3 heteroatoms. The van der Waals surface area contributed by atoms with Crippen LogP contribution in [-0.2, 0) is 6.42 Å². The molecule has 0 amide bonds. The van der Waals surface area contributed by atoms with Gasteiger partial charge in [-0.05, 0) is 50.7 Å². The van der Waals surface area contributed by atoms with Crippen molar-refractivity contribution in [3.63, 3.8) is 0 Å². The number of rotatable bonds is 2. The molecule has 2 heterocycles. The van der Waals surface area contributed by atoms with Crippen molar-refractivity contribution in [2.75, 3.05) is 13.1 Å². The molecule has 2 saturated heterocycles. The van der Waals surface area contributed by atoms with E-state index in [1.165, 1.54) is 24.8 Å². The van der Waals surface area contributed by atoms with Gasteiger partial charge in [-0.25, -0.2) is 0 Å². The number of nitrogens with zero attached hydrogens (tertiary/aromatic N) is 2. The van der Waals surface area contributed by atoms with Crippen molar-refractivity contribution >= 4 is 0 Å². The molecule has 3 aliphatic rings. The number of likely N-dealkylation sites (tertiary alicyclic amines) is 1. The van der Waals surface area contributed by atoms with Gasteiger partial charge in [0.15, 0.2) is 0 Å². The average Bonchev–Trinajstić information content (AvgIpc) is 2.97. The van der Waals surface area contributed by atoms with Crippen molar-refractivity contribution in [3.05, 3.63) is 35.4 Å². The molecule has 1 N–H and O–H groups in total. The summed E-state index contributed by atoms with van der Waals surface area (Å²) in [6, 6.07) is 10.8. The van der Waals surface area contributed by atoms with Gasteiger partial charge in [-0.3, -0.25) is 9.80 Å². The van der Waals surface area contributed by atoms with E-state index in [-0.39, 0.29) is 12.1 Å². The second-order valence-corrected chi connectivity index (χ2v) is 7.62. The van der Waals surface area contributed by atoms with E-state index < -0.39 is 0 Å². The van der Waals surface area contributed by atoms with Gasteiger partial charge in [-0.15, -0.1) is 0 Å². The predicted molar refractivity (Wildman–Crippen MR) is 88.9 cm³/mol. The number of benzene rings is 1. The third-order valence-electron chi connectivity index (χ3n) is 6.10. The largest absolute Gasteiger partial charge is 0.387 e. The minimum Gasteiger partial charge on any atom is -0.387 e. The Morgan fingerprint density at radius 1 is 1.09 bits per heavy atom. The molecule has 3 nitrogen and oxygen atoms in total. The molecule has 2 aliphatic heterocycles. The molecular formula is C19H28N2O. The number of hydrogen-bond donors (Lipinski definition) is 1. The van der Waals surface area contributed by atoms with E-state index in [1.54, 1.807) is 0 Å². The molecule has 1 aromatic rings. The molecule has 2 bridgehead atoms. The minimum atomic E-state index is -0.305. The van der Waals surface area contributed by atoms with Crippen molar-refractivity contribution in [1.29, 1.82) is 0 Å². The predicted octanol–water partition coefficient (Wildman–Crippen LogP) is 2.59. The molecule has 0 aromatic heterocycles. The van der Waals surface area contributed by atoms with E-state index in [2.05, 4.69) is 47.9 Å². The Balaban J connectivity index is 1.53. The minimum absolute atomic E-state index is 0.283. The van der Waals surface area contributed by atoms with Crippen molar-refractivity contribution < 1.29 is 5.11 Å². The summed E-state index contributed by atoms with van der Waals surface area (Å²) < 4.78 is 0. The van der Waals surface area contributed by atoms with E-state index in [1.807, 2.05) is 0 Å². The van der Waals surface area contributed by atoms with Gasteiger partial charge in [-0.2, -0.15) is 0 Å². The molecular weight excluding hydrogens is 272 g/mol. The van der Waals surface area contributed by atoms with Crippen LogP contribution in [0.3, 0.4) is 0 Å². The fourth-order valence-corrected chi connectivity index (χ4v) is 5.16.